The zero-order valence-electron chi connectivity index (χ0n) is 18.1. The summed E-state index contributed by atoms with van der Waals surface area (Å²) in [6, 6.07) is 15.9. The van der Waals surface area contributed by atoms with Crippen molar-refractivity contribution in [1.82, 2.24) is 0 Å². The van der Waals surface area contributed by atoms with E-state index in [0.29, 0.717) is 0 Å². The van der Waals surface area contributed by atoms with E-state index >= 15 is 0 Å². The molecule has 2 aliphatic heterocycles. The van der Waals surface area contributed by atoms with E-state index in [9.17, 15) is 5.11 Å². The first-order valence-corrected chi connectivity index (χ1v) is 11.7. The van der Waals surface area contributed by atoms with Crippen LogP contribution in [0.25, 0.3) is 11.1 Å². The highest BCUT2D eigenvalue weighted by atomic mass is 32.2. The molecular weight excluding hydrogens is 416 g/mol. The monoisotopic (exact) mass is 444 g/mol. The Kier molecular flexibility index (Phi) is 5.42. The topological polar surface area (TPSA) is 66.4 Å². The zero-order valence-corrected chi connectivity index (χ0v) is 18.9. The van der Waals surface area contributed by atoms with Crippen LogP contribution < -0.4 is 0 Å². The Bertz CT molecular complexity index is 969. The highest BCUT2D eigenvalue weighted by molar-refractivity contribution is 7.99. The number of benzene rings is 2. The van der Waals surface area contributed by atoms with Crippen molar-refractivity contribution >= 4 is 11.8 Å². The molecule has 0 saturated carbocycles. The molecule has 2 saturated heterocycles. The Morgan fingerprint density at radius 2 is 1.42 bits per heavy atom. The van der Waals surface area contributed by atoms with Gasteiger partial charge in [0.05, 0.1) is 6.10 Å². The first-order chi connectivity index (χ1) is 15.0. The summed E-state index contributed by atoms with van der Waals surface area (Å²) >= 11 is 1.55. The number of rotatable bonds is 4. The Labute approximate surface area is 186 Å². The molecule has 0 unspecified atom stereocenters. The molecule has 1 N–H and O–H groups in total. The van der Waals surface area contributed by atoms with Crippen LogP contribution in [-0.2, 0) is 35.3 Å². The summed E-state index contributed by atoms with van der Waals surface area (Å²) in [6.07, 6.45) is -2.36. The van der Waals surface area contributed by atoms with Gasteiger partial charge in [-0.25, -0.2) is 0 Å². The maximum Gasteiger partial charge on any atom is 0.256 e. The average molecular weight is 445 g/mol. The molecule has 0 bridgehead atoms. The molecule has 6 nitrogen and oxygen atoms in total. The minimum Gasteiger partial charge on any atom is -0.387 e. The lowest BCUT2D eigenvalue weighted by Gasteiger charge is -2.60. The predicted molar refractivity (Wildman–Crippen MR) is 117 cm³/mol. The number of hydrogen-bond donors (Lipinski definition) is 1. The van der Waals surface area contributed by atoms with Gasteiger partial charge in [-0.2, -0.15) is 0 Å². The van der Waals surface area contributed by atoms with Gasteiger partial charge in [0, 0.05) is 25.3 Å². The van der Waals surface area contributed by atoms with Gasteiger partial charge in [-0.15, -0.1) is 11.8 Å². The van der Waals surface area contributed by atoms with Crippen LogP contribution in [0.15, 0.2) is 48.5 Å². The molecule has 0 radical (unpaired) electrons. The van der Waals surface area contributed by atoms with Crippen molar-refractivity contribution in [3.8, 4) is 11.1 Å². The summed E-state index contributed by atoms with van der Waals surface area (Å²) < 4.78 is 31.9. The van der Waals surface area contributed by atoms with Gasteiger partial charge in [-0.05, 0) is 23.8 Å². The third-order valence-electron chi connectivity index (χ3n) is 6.55. The van der Waals surface area contributed by atoms with Crippen molar-refractivity contribution in [2.45, 2.75) is 55.3 Å². The average Bonchev–Trinajstić information content (AvgIpc) is 2.81. The largest absolute Gasteiger partial charge is 0.387 e. The standard InChI is InChI=1S/C24H28O6S/c1-5-31-22-19(25)21-20(14(2)28-22)29-23(26-3)17-12-8-6-10-15(17)16-11-7-9-13-18(16)24(23,27-4)30-21/h6-14,19-22,25H,5H2,1-4H3/t14-,19+,20-,21-,22-,23+,24+/m0/s1. The number of aliphatic hydroxyl groups is 1. The zero-order chi connectivity index (χ0) is 21.8. The van der Waals surface area contributed by atoms with Gasteiger partial charge < -0.3 is 28.8 Å². The molecular formula is C24H28O6S. The second-order valence-corrected chi connectivity index (χ2v) is 9.43. The van der Waals surface area contributed by atoms with Crippen LogP contribution in [0.5, 0.6) is 0 Å². The number of aliphatic hydroxyl groups excluding tert-OH is 1. The van der Waals surface area contributed by atoms with E-state index in [0.717, 1.165) is 28.0 Å². The van der Waals surface area contributed by atoms with Gasteiger partial charge in [-0.1, -0.05) is 55.5 Å². The molecule has 5 rings (SSSR count). The van der Waals surface area contributed by atoms with E-state index in [2.05, 4.69) is 0 Å². The van der Waals surface area contributed by atoms with E-state index in [1.54, 1.807) is 26.0 Å². The lowest BCUT2D eigenvalue weighted by molar-refractivity contribution is -0.496. The van der Waals surface area contributed by atoms with Gasteiger partial charge in [0.2, 0.25) is 0 Å². The van der Waals surface area contributed by atoms with Crippen molar-refractivity contribution in [2.75, 3.05) is 20.0 Å². The van der Waals surface area contributed by atoms with E-state index in [1.165, 1.54) is 0 Å². The molecule has 7 heteroatoms. The minimum atomic E-state index is -1.40. The fraction of sp³-hybridized carbons (Fsp3) is 0.500. The van der Waals surface area contributed by atoms with Crippen molar-refractivity contribution in [3.63, 3.8) is 0 Å². The third-order valence-corrected chi connectivity index (χ3v) is 7.60. The van der Waals surface area contributed by atoms with Gasteiger partial charge in [0.1, 0.15) is 23.7 Å². The van der Waals surface area contributed by atoms with Gasteiger partial charge in [0.25, 0.3) is 11.6 Å². The highest BCUT2D eigenvalue weighted by Gasteiger charge is 2.69. The summed E-state index contributed by atoms with van der Waals surface area (Å²) in [5, 5.41) is 11.2. The number of thioether (sulfide) groups is 1. The second kappa shape index (κ2) is 7.85. The van der Waals surface area contributed by atoms with E-state index in [4.69, 9.17) is 23.7 Å². The van der Waals surface area contributed by atoms with Crippen LogP contribution in [0, 0.1) is 0 Å². The first-order valence-electron chi connectivity index (χ1n) is 10.6. The molecule has 7 atom stereocenters. The van der Waals surface area contributed by atoms with Crippen molar-refractivity contribution < 1.29 is 28.8 Å². The number of methoxy groups -OCH3 is 2. The maximum atomic E-state index is 11.2. The van der Waals surface area contributed by atoms with Crippen LogP contribution in [-0.4, -0.2) is 54.9 Å². The molecule has 2 aromatic carbocycles. The fourth-order valence-electron chi connectivity index (χ4n) is 5.20. The van der Waals surface area contributed by atoms with Gasteiger partial charge in [0.15, 0.2) is 0 Å². The lowest BCUT2D eigenvalue weighted by Crippen LogP contribution is -2.71. The summed E-state index contributed by atoms with van der Waals surface area (Å²) in [6.45, 7) is 3.98. The van der Waals surface area contributed by atoms with Crippen LogP contribution in [0.4, 0.5) is 0 Å². The minimum absolute atomic E-state index is 0.302. The third kappa shape index (κ3) is 2.82. The van der Waals surface area contributed by atoms with Crippen LogP contribution in [0.3, 0.4) is 0 Å². The molecule has 0 amide bonds. The Morgan fingerprint density at radius 1 is 0.903 bits per heavy atom. The smallest absolute Gasteiger partial charge is 0.256 e. The van der Waals surface area contributed by atoms with Crippen molar-refractivity contribution in [2.24, 2.45) is 0 Å². The van der Waals surface area contributed by atoms with E-state index in [-0.39, 0.29) is 6.10 Å². The summed E-state index contributed by atoms with van der Waals surface area (Å²) in [7, 11) is 3.19. The molecule has 2 fully saturated rings. The molecule has 0 spiro atoms. The Hall–Kier alpha value is -1.45. The molecule has 1 aliphatic carbocycles. The Morgan fingerprint density at radius 3 is 1.94 bits per heavy atom. The fourth-order valence-corrected chi connectivity index (χ4v) is 6.14. The van der Waals surface area contributed by atoms with Crippen LogP contribution >= 0.6 is 11.8 Å². The second-order valence-electron chi connectivity index (χ2n) is 8.05. The summed E-state index contributed by atoms with van der Waals surface area (Å²) in [5.74, 6) is -1.94. The maximum absolute atomic E-state index is 11.2. The number of fused-ring (bicyclic) bond motifs is 7. The molecule has 166 valence electrons. The molecule has 3 aliphatic rings. The molecule has 0 aromatic heterocycles. The van der Waals surface area contributed by atoms with Gasteiger partial charge in [-0.3, -0.25) is 0 Å². The quantitative estimate of drug-likeness (QED) is 0.773. The van der Waals surface area contributed by atoms with Crippen LogP contribution in [0.2, 0.25) is 0 Å². The molecule has 2 aromatic rings. The summed E-state index contributed by atoms with van der Waals surface area (Å²) in [4.78, 5) is 0. The van der Waals surface area contributed by atoms with Crippen molar-refractivity contribution in [1.29, 1.82) is 0 Å². The normalized spacial score (nSPS) is 38.5. The highest BCUT2D eigenvalue weighted by Crippen LogP contribution is 2.60. The van der Waals surface area contributed by atoms with Gasteiger partial charge >= 0.3 is 0 Å². The summed E-state index contributed by atoms with van der Waals surface area (Å²) in [5.41, 5.74) is 3.22. The van der Waals surface area contributed by atoms with Crippen molar-refractivity contribution in [3.05, 3.63) is 59.7 Å². The van der Waals surface area contributed by atoms with E-state index in [1.807, 2.05) is 62.4 Å². The van der Waals surface area contributed by atoms with E-state index < -0.39 is 35.3 Å². The molecule has 2 heterocycles. The number of ether oxygens (including phenoxy) is 5. The number of hydrogen-bond acceptors (Lipinski definition) is 7. The van der Waals surface area contributed by atoms with Crippen LogP contribution in [0.1, 0.15) is 25.0 Å². The Balaban J connectivity index is 1.72. The predicted octanol–water partition coefficient (Wildman–Crippen LogP) is 3.61. The SMILES string of the molecule is CCS[C@@H]1O[C@@H](C)[C@@H]2O[C@]3(OC)c4ccccc4-c4ccccc4[C@@]3(OC)O[C@H]2[C@H]1O. The first kappa shape index (κ1) is 21.4. The molecule has 31 heavy (non-hydrogen) atoms. The lowest BCUT2D eigenvalue weighted by atomic mass is 9.75.